The molecular formula is C32H46N4O4. The van der Waals surface area contributed by atoms with Crippen LogP contribution in [-0.2, 0) is 16.8 Å². The minimum atomic E-state index is -1.08. The average Bonchev–Trinajstić information content (AvgIpc) is 3.56. The molecule has 2 aliphatic rings. The highest BCUT2D eigenvalue weighted by Gasteiger charge is 2.41. The van der Waals surface area contributed by atoms with E-state index >= 15 is 0 Å². The zero-order valence-electron chi connectivity index (χ0n) is 25.2. The number of nitrogens with zero attached hydrogens (tertiary/aromatic N) is 2. The summed E-state index contributed by atoms with van der Waals surface area (Å²) >= 11 is 0. The number of hydrogen-bond donors (Lipinski definition) is 3. The molecular weight excluding hydrogens is 504 g/mol. The number of aliphatic carboxylic acids is 1. The Hall–Kier alpha value is -3.16. The summed E-state index contributed by atoms with van der Waals surface area (Å²) in [4.78, 5) is 43.1. The van der Waals surface area contributed by atoms with E-state index in [-0.39, 0.29) is 23.8 Å². The van der Waals surface area contributed by atoms with Crippen LogP contribution in [0, 0.1) is 18.3 Å². The Labute approximate surface area is 238 Å². The molecule has 0 aromatic carbocycles. The molecule has 2 heterocycles. The molecule has 8 heteroatoms. The van der Waals surface area contributed by atoms with Crippen LogP contribution in [0.2, 0.25) is 0 Å². The Morgan fingerprint density at radius 1 is 1.02 bits per heavy atom. The second-order valence-corrected chi connectivity index (χ2v) is 13.9. The molecule has 0 radical (unpaired) electrons. The van der Waals surface area contributed by atoms with Gasteiger partial charge in [-0.3, -0.25) is 14.4 Å². The first kappa shape index (κ1) is 29.8. The van der Waals surface area contributed by atoms with Gasteiger partial charge in [0.2, 0.25) is 0 Å². The first-order valence-electron chi connectivity index (χ1n) is 14.7. The van der Waals surface area contributed by atoms with E-state index in [9.17, 15) is 19.5 Å². The first-order valence-corrected chi connectivity index (χ1v) is 14.7. The standard InChI is InChI=1S/C32H46N4O4/c1-20-23(27(37)33-19-31(5,6)29(39)40)17-25(36(20)18-21-11-9-8-10-12-21)22-15-24(28(38)35-30(2,3)4)34-26(16-22)32(7)13-14-32/h15-17,21H,8-14,18-19H2,1-7H3,(H,33,37)(H,35,38)(H,39,40). The van der Waals surface area contributed by atoms with Gasteiger partial charge in [0.1, 0.15) is 5.69 Å². The van der Waals surface area contributed by atoms with Crippen molar-refractivity contribution in [3.05, 3.63) is 40.8 Å². The second kappa shape index (κ2) is 11.0. The Balaban J connectivity index is 1.78. The normalized spacial score (nSPS) is 17.4. The van der Waals surface area contributed by atoms with Gasteiger partial charge in [0.15, 0.2) is 0 Å². The molecule has 0 spiro atoms. The highest BCUT2D eigenvalue weighted by atomic mass is 16.4. The van der Waals surface area contributed by atoms with Crippen LogP contribution in [0.25, 0.3) is 11.3 Å². The summed E-state index contributed by atoms with van der Waals surface area (Å²) in [5.74, 6) is -0.939. The number of amides is 2. The quantitative estimate of drug-likeness (QED) is 0.362. The Kier molecular flexibility index (Phi) is 8.21. The molecule has 40 heavy (non-hydrogen) atoms. The van der Waals surface area contributed by atoms with Gasteiger partial charge in [0, 0.05) is 46.7 Å². The highest BCUT2D eigenvalue weighted by Crippen LogP contribution is 2.47. The summed E-state index contributed by atoms with van der Waals surface area (Å²) in [6, 6.07) is 5.83. The van der Waals surface area contributed by atoms with Crippen molar-refractivity contribution >= 4 is 17.8 Å². The van der Waals surface area contributed by atoms with Crippen molar-refractivity contribution in [2.45, 2.75) is 111 Å². The van der Waals surface area contributed by atoms with Gasteiger partial charge in [0.05, 0.1) is 11.0 Å². The Bertz CT molecular complexity index is 1290. The summed E-state index contributed by atoms with van der Waals surface area (Å²) in [5.41, 5.74) is 2.91. The fourth-order valence-electron chi connectivity index (χ4n) is 5.40. The van der Waals surface area contributed by atoms with Crippen LogP contribution in [0.3, 0.4) is 0 Å². The minimum Gasteiger partial charge on any atom is -0.481 e. The number of pyridine rings is 1. The zero-order chi connectivity index (χ0) is 29.5. The Morgan fingerprint density at radius 3 is 2.25 bits per heavy atom. The van der Waals surface area contributed by atoms with Gasteiger partial charge in [-0.05, 0) is 91.3 Å². The SMILES string of the molecule is Cc1c(C(=O)NCC(C)(C)C(=O)O)cc(-c2cc(C(=O)NC(C)(C)C)nc(C3(C)CC3)c2)n1CC1CCCCC1. The van der Waals surface area contributed by atoms with E-state index in [0.29, 0.717) is 17.2 Å². The van der Waals surface area contributed by atoms with Crippen molar-refractivity contribution in [2.75, 3.05) is 6.54 Å². The number of carboxylic acid groups (broad SMARTS) is 1. The number of carbonyl (C=O) groups is 3. The van der Waals surface area contributed by atoms with Gasteiger partial charge in [-0.15, -0.1) is 0 Å². The summed E-state index contributed by atoms with van der Waals surface area (Å²) in [5, 5.41) is 15.4. The molecule has 0 atom stereocenters. The smallest absolute Gasteiger partial charge is 0.310 e. The highest BCUT2D eigenvalue weighted by molar-refractivity contribution is 5.98. The topological polar surface area (TPSA) is 113 Å². The van der Waals surface area contributed by atoms with E-state index in [1.54, 1.807) is 13.8 Å². The van der Waals surface area contributed by atoms with Crippen LogP contribution in [0.15, 0.2) is 18.2 Å². The number of nitrogens with one attached hydrogen (secondary N) is 2. The maximum atomic E-state index is 13.4. The molecule has 2 amide bonds. The molecule has 2 fully saturated rings. The molecule has 8 nitrogen and oxygen atoms in total. The zero-order valence-corrected chi connectivity index (χ0v) is 25.2. The summed E-state index contributed by atoms with van der Waals surface area (Å²) in [6.45, 7) is 14.0. The monoisotopic (exact) mass is 550 g/mol. The lowest BCUT2D eigenvalue weighted by Crippen LogP contribution is -2.41. The molecule has 0 saturated heterocycles. The van der Waals surface area contributed by atoms with Crippen LogP contribution >= 0.6 is 0 Å². The Morgan fingerprint density at radius 2 is 1.68 bits per heavy atom. The minimum absolute atomic E-state index is 0.0264. The van der Waals surface area contributed by atoms with Crippen LogP contribution in [0.4, 0.5) is 0 Å². The molecule has 2 saturated carbocycles. The molecule has 0 unspecified atom stereocenters. The van der Waals surface area contributed by atoms with Crippen LogP contribution in [-0.4, -0.2) is 44.5 Å². The number of hydrogen-bond acceptors (Lipinski definition) is 4. The maximum absolute atomic E-state index is 13.4. The number of carbonyl (C=O) groups excluding carboxylic acids is 2. The molecule has 4 rings (SSSR count). The molecule has 2 aromatic heterocycles. The van der Waals surface area contributed by atoms with Crippen molar-refractivity contribution in [3.63, 3.8) is 0 Å². The fourth-order valence-corrected chi connectivity index (χ4v) is 5.40. The van der Waals surface area contributed by atoms with E-state index in [2.05, 4.69) is 28.2 Å². The van der Waals surface area contributed by atoms with Gasteiger partial charge in [-0.2, -0.15) is 0 Å². The first-order chi connectivity index (χ1) is 18.6. The van der Waals surface area contributed by atoms with Crippen molar-refractivity contribution in [3.8, 4) is 11.3 Å². The van der Waals surface area contributed by atoms with Crippen LogP contribution in [0.5, 0.6) is 0 Å². The molecule has 2 aromatic rings. The molecule has 2 aliphatic carbocycles. The van der Waals surface area contributed by atoms with E-state index < -0.39 is 16.9 Å². The van der Waals surface area contributed by atoms with Crippen molar-refractivity contribution in [2.24, 2.45) is 11.3 Å². The van der Waals surface area contributed by atoms with Gasteiger partial charge in [-0.25, -0.2) is 4.98 Å². The summed E-state index contributed by atoms with van der Waals surface area (Å²) < 4.78 is 2.23. The molecule has 0 aliphatic heterocycles. The molecule has 0 bridgehead atoms. The van der Waals surface area contributed by atoms with Crippen molar-refractivity contribution < 1.29 is 19.5 Å². The van der Waals surface area contributed by atoms with Gasteiger partial charge in [0.25, 0.3) is 11.8 Å². The fraction of sp³-hybridized carbons (Fsp3) is 0.625. The van der Waals surface area contributed by atoms with Gasteiger partial charge >= 0.3 is 5.97 Å². The number of carboxylic acids is 1. The lowest BCUT2D eigenvalue weighted by Gasteiger charge is -2.25. The summed E-state index contributed by atoms with van der Waals surface area (Å²) in [7, 11) is 0. The predicted octanol–water partition coefficient (Wildman–Crippen LogP) is 5.86. The van der Waals surface area contributed by atoms with Crippen LogP contribution in [0.1, 0.15) is 119 Å². The third-order valence-corrected chi connectivity index (χ3v) is 8.51. The lowest BCUT2D eigenvalue weighted by molar-refractivity contribution is -0.146. The second-order valence-electron chi connectivity index (χ2n) is 13.9. The van der Waals surface area contributed by atoms with Crippen molar-refractivity contribution in [1.29, 1.82) is 0 Å². The van der Waals surface area contributed by atoms with Gasteiger partial charge < -0.3 is 20.3 Å². The average molecular weight is 551 g/mol. The maximum Gasteiger partial charge on any atom is 0.310 e. The van der Waals surface area contributed by atoms with E-state index in [0.717, 1.165) is 54.9 Å². The third-order valence-electron chi connectivity index (χ3n) is 8.51. The molecule has 3 N–H and O–H groups in total. The van der Waals surface area contributed by atoms with Crippen molar-refractivity contribution in [1.82, 2.24) is 20.2 Å². The van der Waals surface area contributed by atoms with Gasteiger partial charge in [-0.1, -0.05) is 26.2 Å². The predicted molar refractivity (Wildman–Crippen MR) is 157 cm³/mol. The largest absolute Gasteiger partial charge is 0.481 e. The molecule has 218 valence electrons. The lowest BCUT2D eigenvalue weighted by atomic mass is 9.89. The summed E-state index contributed by atoms with van der Waals surface area (Å²) in [6.07, 6.45) is 8.06. The van der Waals surface area contributed by atoms with E-state index in [1.807, 2.05) is 39.8 Å². The van der Waals surface area contributed by atoms with E-state index in [1.165, 1.54) is 19.3 Å². The van der Waals surface area contributed by atoms with Crippen LogP contribution < -0.4 is 10.6 Å². The van der Waals surface area contributed by atoms with E-state index in [4.69, 9.17) is 4.98 Å². The number of rotatable bonds is 9. The third kappa shape index (κ3) is 6.76. The number of aromatic nitrogens is 2.